The Morgan fingerprint density at radius 3 is 2.62 bits per heavy atom. The second kappa shape index (κ2) is 8.38. The number of hydrogen-bond donors (Lipinski definition) is 1. The second-order valence-corrected chi connectivity index (χ2v) is 7.51. The number of hydrogen-bond acceptors (Lipinski definition) is 4. The van der Waals surface area contributed by atoms with Gasteiger partial charge in [-0.15, -0.1) is 11.8 Å². The molecule has 1 heterocycles. The van der Waals surface area contributed by atoms with Crippen LogP contribution >= 0.6 is 11.8 Å². The van der Waals surface area contributed by atoms with Crippen LogP contribution in [0.1, 0.15) is 15.9 Å². The van der Waals surface area contributed by atoms with Crippen molar-refractivity contribution >= 4 is 29.3 Å². The SMILES string of the molecule is CN(C)CCNC(=O)c1ccc(CN2C(=O)CSc3ccccc32)cc1. The Morgan fingerprint density at radius 1 is 1.15 bits per heavy atom. The Morgan fingerprint density at radius 2 is 1.88 bits per heavy atom. The molecule has 2 aromatic rings. The normalized spacial score (nSPS) is 13.7. The van der Waals surface area contributed by atoms with Crippen molar-refractivity contribution in [1.29, 1.82) is 0 Å². The van der Waals surface area contributed by atoms with Gasteiger partial charge in [0.05, 0.1) is 18.0 Å². The number of anilines is 1. The topological polar surface area (TPSA) is 52.7 Å². The lowest BCUT2D eigenvalue weighted by Gasteiger charge is -2.29. The van der Waals surface area contributed by atoms with Crippen LogP contribution in [0.25, 0.3) is 0 Å². The Bertz CT molecular complexity index is 790. The summed E-state index contributed by atoms with van der Waals surface area (Å²) in [7, 11) is 3.94. The van der Waals surface area contributed by atoms with Crippen molar-refractivity contribution in [2.75, 3.05) is 37.8 Å². The average molecular weight is 369 g/mol. The minimum Gasteiger partial charge on any atom is -0.351 e. The molecule has 1 aliphatic rings. The van der Waals surface area contributed by atoms with Gasteiger partial charge >= 0.3 is 0 Å². The molecule has 0 saturated carbocycles. The molecule has 0 spiro atoms. The summed E-state index contributed by atoms with van der Waals surface area (Å²) in [4.78, 5) is 29.5. The molecule has 2 aromatic carbocycles. The number of fused-ring (bicyclic) bond motifs is 1. The van der Waals surface area contributed by atoms with Crippen LogP contribution in [0.5, 0.6) is 0 Å². The zero-order valence-electron chi connectivity index (χ0n) is 15.1. The smallest absolute Gasteiger partial charge is 0.251 e. The predicted octanol–water partition coefficient (Wildman–Crippen LogP) is 2.62. The van der Waals surface area contributed by atoms with Crippen LogP contribution in [0, 0.1) is 0 Å². The number of nitrogens with zero attached hydrogens (tertiary/aromatic N) is 2. The number of para-hydroxylation sites is 1. The zero-order valence-corrected chi connectivity index (χ0v) is 15.9. The van der Waals surface area contributed by atoms with Gasteiger partial charge < -0.3 is 15.1 Å². The van der Waals surface area contributed by atoms with Gasteiger partial charge in [-0.2, -0.15) is 0 Å². The van der Waals surface area contributed by atoms with E-state index < -0.39 is 0 Å². The molecule has 1 N–H and O–H groups in total. The number of carbonyl (C=O) groups is 2. The lowest BCUT2D eigenvalue weighted by atomic mass is 10.1. The highest BCUT2D eigenvalue weighted by Gasteiger charge is 2.24. The van der Waals surface area contributed by atoms with Crippen molar-refractivity contribution in [3.05, 3.63) is 59.7 Å². The molecule has 136 valence electrons. The first-order chi connectivity index (χ1) is 12.5. The molecule has 5 nitrogen and oxygen atoms in total. The molecule has 1 aliphatic heterocycles. The fourth-order valence-electron chi connectivity index (χ4n) is 2.77. The Balaban J connectivity index is 1.66. The van der Waals surface area contributed by atoms with Crippen molar-refractivity contribution in [3.63, 3.8) is 0 Å². The van der Waals surface area contributed by atoms with Gasteiger partial charge in [-0.1, -0.05) is 24.3 Å². The number of benzene rings is 2. The summed E-state index contributed by atoms with van der Waals surface area (Å²) < 4.78 is 0. The Hall–Kier alpha value is -2.31. The average Bonchev–Trinajstić information content (AvgIpc) is 2.64. The Labute approximate surface area is 158 Å². The lowest BCUT2D eigenvalue weighted by Crippen LogP contribution is -2.34. The molecule has 26 heavy (non-hydrogen) atoms. The Kier molecular flexibility index (Phi) is 5.96. The van der Waals surface area contributed by atoms with E-state index in [-0.39, 0.29) is 11.8 Å². The van der Waals surface area contributed by atoms with Gasteiger partial charge in [-0.3, -0.25) is 9.59 Å². The van der Waals surface area contributed by atoms with Gasteiger partial charge in [0.25, 0.3) is 5.91 Å². The zero-order chi connectivity index (χ0) is 18.5. The first-order valence-electron chi connectivity index (χ1n) is 8.58. The molecule has 0 aromatic heterocycles. The predicted molar refractivity (Wildman–Crippen MR) is 106 cm³/mol. The summed E-state index contributed by atoms with van der Waals surface area (Å²) >= 11 is 1.58. The minimum atomic E-state index is -0.0748. The van der Waals surface area contributed by atoms with Gasteiger partial charge in [0, 0.05) is 23.5 Å². The van der Waals surface area contributed by atoms with Crippen LogP contribution in [0.4, 0.5) is 5.69 Å². The minimum absolute atomic E-state index is 0.0748. The van der Waals surface area contributed by atoms with E-state index in [0.717, 1.165) is 22.7 Å². The maximum absolute atomic E-state index is 12.3. The number of thioether (sulfide) groups is 1. The van der Waals surface area contributed by atoms with Crippen molar-refractivity contribution in [1.82, 2.24) is 10.2 Å². The van der Waals surface area contributed by atoms with E-state index in [1.54, 1.807) is 11.8 Å². The molecule has 0 fully saturated rings. The molecule has 6 heteroatoms. The molecule has 2 amide bonds. The largest absolute Gasteiger partial charge is 0.351 e. The van der Waals surface area contributed by atoms with Gasteiger partial charge in [-0.05, 0) is 43.9 Å². The van der Waals surface area contributed by atoms with E-state index in [1.807, 2.05) is 72.4 Å². The molecule has 0 aliphatic carbocycles. The van der Waals surface area contributed by atoms with E-state index in [2.05, 4.69) is 5.32 Å². The maximum Gasteiger partial charge on any atom is 0.251 e. The number of rotatable bonds is 6. The molecule has 0 atom stereocenters. The highest BCUT2D eigenvalue weighted by molar-refractivity contribution is 8.00. The lowest BCUT2D eigenvalue weighted by molar-refractivity contribution is -0.116. The molecule has 0 radical (unpaired) electrons. The molecule has 0 bridgehead atoms. The number of amides is 2. The summed E-state index contributed by atoms with van der Waals surface area (Å²) in [5.41, 5.74) is 2.59. The maximum atomic E-state index is 12.3. The third-order valence-electron chi connectivity index (χ3n) is 4.21. The van der Waals surface area contributed by atoms with Crippen LogP contribution < -0.4 is 10.2 Å². The first-order valence-corrected chi connectivity index (χ1v) is 9.57. The monoisotopic (exact) mass is 369 g/mol. The summed E-state index contributed by atoms with van der Waals surface area (Å²) in [5.74, 6) is 0.497. The standard InChI is InChI=1S/C20H23N3O2S/c1-22(2)12-11-21-20(25)16-9-7-15(8-10-16)13-23-17-5-3-4-6-18(17)26-14-19(23)24/h3-10H,11-14H2,1-2H3,(H,21,25). The highest BCUT2D eigenvalue weighted by atomic mass is 32.2. The van der Waals surface area contributed by atoms with Crippen molar-refractivity contribution in [3.8, 4) is 0 Å². The fraction of sp³-hybridized carbons (Fsp3) is 0.300. The van der Waals surface area contributed by atoms with Gasteiger partial charge in [0.2, 0.25) is 5.91 Å². The fourth-order valence-corrected chi connectivity index (χ4v) is 3.70. The third-order valence-corrected chi connectivity index (χ3v) is 5.26. The summed E-state index contributed by atoms with van der Waals surface area (Å²) in [6.45, 7) is 1.93. The third kappa shape index (κ3) is 4.45. The molecule has 0 unspecified atom stereocenters. The number of carbonyl (C=O) groups excluding carboxylic acids is 2. The molecule has 3 rings (SSSR count). The van der Waals surface area contributed by atoms with Crippen molar-refractivity contribution in [2.45, 2.75) is 11.4 Å². The van der Waals surface area contributed by atoms with Crippen LogP contribution in [0.3, 0.4) is 0 Å². The first kappa shape index (κ1) is 18.5. The quantitative estimate of drug-likeness (QED) is 0.850. The van der Waals surface area contributed by atoms with Gasteiger partial charge in [-0.25, -0.2) is 0 Å². The second-order valence-electron chi connectivity index (χ2n) is 6.49. The van der Waals surface area contributed by atoms with Crippen molar-refractivity contribution < 1.29 is 9.59 Å². The highest BCUT2D eigenvalue weighted by Crippen LogP contribution is 2.35. The molecular formula is C20H23N3O2S. The van der Waals surface area contributed by atoms with Crippen LogP contribution in [-0.2, 0) is 11.3 Å². The summed E-state index contributed by atoms with van der Waals surface area (Å²) in [6, 6.07) is 15.4. The van der Waals surface area contributed by atoms with E-state index in [4.69, 9.17) is 0 Å². The van der Waals surface area contributed by atoms with Crippen LogP contribution in [-0.4, -0.2) is 49.7 Å². The van der Waals surface area contributed by atoms with Gasteiger partial charge in [0.15, 0.2) is 0 Å². The van der Waals surface area contributed by atoms with E-state index in [1.165, 1.54) is 0 Å². The van der Waals surface area contributed by atoms with Gasteiger partial charge in [0.1, 0.15) is 0 Å². The number of likely N-dealkylation sites (N-methyl/N-ethyl adjacent to an activating group) is 1. The molecular weight excluding hydrogens is 346 g/mol. The molecule has 0 saturated heterocycles. The van der Waals surface area contributed by atoms with E-state index in [9.17, 15) is 9.59 Å². The summed E-state index contributed by atoms with van der Waals surface area (Å²) in [6.07, 6.45) is 0. The van der Waals surface area contributed by atoms with E-state index in [0.29, 0.717) is 24.4 Å². The summed E-state index contributed by atoms with van der Waals surface area (Å²) in [5, 5.41) is 2.90. The number of nitrogens with one attached hydrogen (secondary N) is 1. The van der Waals surface area contributed by atoms with E-state index >= 15 is 0 Å². The van der Waals surface area contributed by atoms with Crippen molar-refractivity contribution in [2.24, 2.45) is 0 Å². The van der Waals surface area contributed by atoms with Crippen LogP contribution in [0.15, 0.2) is 53.4 Å². The van der Waals surface area contributed by atoms with Crippen LogP contribution in [0.2, 0.25) is 0 Å².